The predicted octanol–water partition coefficient (Wildman–Crippen LogP) is 1.46. The molecule has 0 radical (unpaired) electrons. The molecule has 3 N–H and O–H groups in total. The van der Waals surface area contributed by atoms with E-state index in [0.717, 1.165) is 36.8 Å². The van der Waals surface area contributed by atoms with Crippen molar-refractivity contribution >= 4 is 28.3 Å². The SMILES string of the molecule is CC(=O)N1CCc2ccc(S(=O)(=O)NC3CCCC3CN)cc2CC1.Cl. The molecule has 2 aliphatic rings. The second kappa shape index (κ2) is 8.69. The second-order valence-electron chi connectivity index (χ2n) is 7.09. The highest BCUT2D eigenvalue weighted by atomic mass is 35.5. The van der Waals surface area contributed by atoms with E-state index in [-0.39, 0.29) is 30.3 Å². The van der Waals surface area contributed by atoms with Crippen molar-refractivity contribution in [2.75, 3.05) is 19.6 Å². The van der Waals surface area contributed by atoms with Gasteiger partial charge in [0.2, 0.25) is 15.9 Å². The van der Waals surface area contributed by atoms with Crippen LogP contribution in [0.15, 0.2) is 23.1 Å². The number of sulfonamides is 1. The van der Waals surface area contributed by atoms with E-state index in [1.165, 1.54) is 0 Å². The Morgan fingerprint density at radius 1 is 1.23 bits per heavy atom. The van der Waals surface area contributed by atoms with E-state index >= 15 is 0 Å². The van der Waals surface area contributed by atoms with Crippen LogP contribution in [-0.2, 0) is 27.7 Å². The van der Waals surface area contributed by atoms with Gasteiger partial charge in [-0.25, -0.2) is 13.1 Å². The Hall–Kier alpha value is -1.15. The number of carbonyl (C=O) groups is 1. The molecule has 0 saturated heterocycles. The molecule has 26 heavy (non-hydrogen) atoms. The number of carbonyl (C=O) groups excluding carboxylic acids is 1. The minimum absolute atomic E-state index is 0. The quantitative estimate of drug-likeness (QED) is 0.798. The third-order valence-corrected chi connectivity index (χ3v) is 6.99. The maximum Gasteiger partial charge on any atom is 0.240 e. The smallest absolute Gasteiger partial charge is 0.240 e. The molecule has 1 aromatic carbocycles. The summed E-state index contributed by atoms with van der Waals surface area (Å²) >= 11 is 0. The highest BCUT2D eigenvalue weighted by molar-refractivity contribution is 7.89. The van der Waals surface area contributed by atoms with Crippen molar-refractivity contribution in [2.24, 2.45) is 11.7 Å². The number of rotatable bonds is 4. The van der Waals surface area contributed by atoms with Gasteiger partial charge in [0.25, 0.3) is 0 Å². The van der Waals surface area contributed by atoms with Crippen molar-refractivity contribution in [3.05, 3.63) is 29.3 Å². The van der Waals surface area contributed by atoms with Crippen molar-refractivity contribution in [2.45, 2.75) is 50.0 Å². The fourth-order valence-electron chi connectivity index (χ4n) is 3.93. The van der Waals surface area contributed by atoms with Gasteiger partial charge in [0.15, 0.2) is 0 Å². The molecule has 2 unspecified atom stereocenters. The molecule has 3 rings (SSSR count). The fraction of sp³-hybridized carbons (Fsp3) is 0.611. The zero-order valence-corrected chi connectivity index (χ0v) is 16.7. The van der Waals surface area contributed by atoms with Gasteiger partial charge in [-0.15, -0.1) is 12.4 Å². The zero-order valence-electron chi connectivity index (χ0n) is 15.1. The number of nitrogens with zero attached hydrogens (tertiary/aromatic N) is 1. The predicted molar refractivity (Wildman–Crippen MR) is 104 cm³/mol. The average Bonchev–Trinajstić information content (AvgIpc) is 2.89. The molecular weight excluding hydrogens is 374 g/mol. The van der Waals surface area contributed by atoms with Crippen molar-refractivity contribution in [3.8, 4) is 0 Å². The van der Waals surface area contributed by atoms with E-state index in [9.17, 15) is 13.2 Å². The van der Waals surface area contributed by atoms with E-state index in [4.69, 9.17) is 5.73 Å². The van der Waals surface area contributed by atoms with E-state index in [0.29, 0.717) is 31.0 Å². The average molecular weight is 402 g/mol. The molecule has 0 bridgehead atoms. The van der Waals surface area contributed by atoms with Crippen molar-refractivity contribution in [1.29, 1.82) is 0 Å². The third-order valence-electron chi connectivity index (χ3n) is 5.50. The van der Waals surface area contributed by atoms with Crippen LogP contribution in [0, 0.1) is 5.92 Å². The van der Waals surface area contributed by atoms with Crippen LogP contribution in [0.25, 0.3) is 0 Å². The zero-order chi connectivity index (χ0) is 18.0. The van der Waals surface area contributed by atoms with Crippen LogP contribution in [0.3, 0.4) is 0 Å². The van der Waals surface area contributed by atoms with E-state index in [1.54, 1.807) is 19.1 Å². The van der Waals surface area contributed by atoms with Gasteiger partial charge in [0.05, 0.1) is 4.90 Å². The van der Waals surface area contributed by atoms with Crippen LogP contribution >= 0.6 is 12.4 Å². The van der Waals surface area contributed by atoms with Crippen LogP contribution in [-0.4, -0.2) is 44.9 Å². The van der Waals surface area contributed by atoms with Crippen molar-refractivity contribution in [1.82, 2.24) is 9.62 Å². The second-order valence-corrected chi connectivity index (χ2v) is 8.81. The summed E-state index contributed by atoms with van der Waals surface area (Å²) in [5, 5.41) is 0. The first-order chi connectivity index (χ1) is 11.9. The maximum atomic E-state index is 12.8. The highest BCUT2D eigenvalue weighted by Crippen LogP contribution is 2.27. The summed E-state index contributed by atoms with van der Waals surface area (Å²) in [5.74, 6) is 0.288. The largest absolute Gasteiger partial charge is 0.342 e. The Kier molecular flexibility index (Phi) is 7.07. The Labute approximate surface area is 162 Å². The molecule has 0 spiro atoms. The number of nitrogens with one attached hydrogen (secondary N) is 1. The third kappa shape index (κ3) is 4.57. The number of fused-ring (bicyclic) bond motifs is 1. The van der Waals surface area contributed by atoms with E-state index in [1.807, 2.05) is 11.0 Å². The highest BCUT2D eigenvalue weighted by Gasteiger charge is 2.30. The Morgan fingerprint density at radius 3 is 2.58 bits per heavy atom. The lowest BCUT2D eigenvalue weighted by atomic mass is 10.0. The molecule has 1 amide bonds. The normalized spacial score (nSPS) is 23.1. The molecule has 8 heteroatoms. The number of amides is 1. The van der Waals surface area contributed by atoms with Gasteiger partial charge in [-0.3, -0.25) is 4.79 Å². The minimum Gasteiger partial charge on any atom is -0.342 e. The molecule has 1 aromatic rings. The molecule has 1 fully saturated rings. The molecule has 1 heterocycles. The van der Waals surface area contributed by atoms with Gasteiger partial charge in [-0.2, -0.15) is 0 Å². The van der Waals surface area contributed by atoms with Crippen LogP contribution < -0.4 is 10.5 Å². The molecule has 2 atom stereocenters. The molecule has 146 valence electrons. The summed E-state index contributed by atoms with van der Waals surface area (Å²) in [6.07, 6.45) is 4.29. The topological polar surface area (TPSA) is 92.5 Å². The lowest BCUT2D eigenvalue weighted by Crippen LogP contribution is -2.39. The lowest BCUT2D eigenvalue weighted by Gasteiger charge is -2.20. The number of hydrogen-bond donors (Lipinski definition) is 2. The van der Waals surface area contributed by atoms with Gasteiger partial charge in [-0.1, -0.05) is 12.5 Å². The van der Waals surface area contributed by atoms with E-state index in [2.05, 4.69) is 4.72 Å². The van der Waals surface area contributed by atoms with Crippen LogP contribution in [0.2, 0.25) is 0 Å². The number of halogens is 1. The van der Waals surface area contributed by atoms with Crippen LogP contribution in [0.1, 0.15) is 37.3 Å². The monoisotopic (exact) mass is 401 g/mol. The summed E-state index contributed by atoms with van der Waals surface area (Å²) in [5.41, 5.74) is 7.91. The van der Waals surface area contributed by atoms with Crippen LogP contribution in [0.4, 0.5) is 0 Å². The van der Waals surface area contributed by atoms with Gasteiger partial charge in [-0.05, 0) is 61.4 Å². The minimum atomic E-state index is -3.55. The summed E-state index contributed by atoms with van der Waals surface area (Å²) in [6.45, 7) is 3.41. The first-order valence-corrected chi connectivity index (χ1v) is 10.5. The first kappa shape index (κ1) is 21.2. The Morgan fingerprint density at radius 2 is 1.92 bits per heavy atom. The molecular formula is C18H28ClN3O3S. The number of hydrogen-bond acceptors (Lipinski definition) is 4. The maximum absolute atomic E-state index is 12.8. The summed E-state index contributed by atoms with van der Waals surface area (Å²) < 4.78 is 28.4. The molecule has 1 saturated carbocycles. The first-order valence-electron chi connectivity index (χ1n) is 9.00. The van der Waals surface area contributed by atoms with Gasteiger partial charge >= 0.3 is 0 Å². The Balaban J connectivity index is 0.00000243. The van der Waals surface area contributed by atoms with Gasteiger partial charge < -0.3 is 10.6 Å². The number of benzene rings is 1. The van der Waals surface area contributed by atoms with Gasteiger partial charge in [0, 0.05) is 26.1 Å². The summed E-state index contributed by atoms with van der Waals surface area (Å²) in [4.78, 5) is 13.7. The number of nitrogens with two attached hydrogens (primary N) is 1. The van der Waals surface area contributed by atoms with Crippen molar-refractivity contribution in [3.63, 3.8) is 0 Å². The van der Waals surface area contributed by atoms with Crippen LogP contribution in [0.5, 0.6) is 0 Å². The summed E-state index contributed by atoms with van der Waals surface area (Å²) in [6, 6.07) is 5.27. The standard InChI is InChI=1S/C18H27N3O3S.ClH/c1-13(22)21-9-7-14-5-6-17(11-15(14)8-10-21)25(23,24)20-18-4-2-3-16(18)12-19;/h5-6,11,16,18,20H,2-4,7-10,12,19H2,1H3;1H. The molecule has 6 nitrogen and oxygen atoms in total. The van der Waals surface area contributed by atoms with Crippen molar-refractivity contribution < 1.29 is 13.2 Å². The lowest BCUT2D eigenvalue weighted by molar-refractivity contribution is -0.128. The Bertz CT molecular complexity index is 754. The molecule has 1 aliphatic heterocycles. The molecule has 1 aliphatic carbocycles. The summed E-state index contributed by atoms with van der Waals surface area (Å²) in [7, 11) is -3.55. The van der Waals surface area contributed by atoms with E-state index < -0.39 is 10.0 Å². The fourth-order valence-corrected chi connectivity index (χ4v) is 5.31. The molecule has 0 aromatic heterocycles. The van der Waals surface area contributed by atoms with Gasteiger partial charge in [0.1, 0.15) is 0 Å².